The second kappa shape index (κ2) is 9.39. The Morgan fingerprint density at radius 1 is 1.24 bits per heavy atom. The number of nitrogens with zero attached hydrogens (tertiary/aromatic N) is 2. The van der Waals surface area contributed by atoms with Gasteiger partial charge in [0.15, 0.2) is 0 Å². The molecule has 1 aliphatic rings. The van der Waals surface area contributed by atoms with Gasteiger partial charge in [-0.25, -0.2) is 0 Å². The lowest BCUT2D eigenvalue weighted by atomic mass is 10.1. The molecule has 1 atom stereocenters. The summed E-state index contributed by atoms with van der Waals surface area (Å²) < 4.78 is 5.23. The molecular formula is C18H28N4O3. The van der Waals surface area contributed by atoms with E-state index in [4.69, 9.17) is 10.5 Å². The second-order valence-corrected chi connectivity index (χ2v) is 6.25. The van der Waals surface area contributed by atoms with E-state index in [9.17, 15) is 9.59 Å². The number of anilines is 1. The van der Waals surface area contributed by atoms with Gasteiger partial charge in [-0.2, -0.15) is 0 Å². The Morgan fingerprint density at radius 3 is 2.56 bits per heavy atom. The lowest BCUT2D eigenvalue weighted by Crippen LogP contribution is -2.54. The highest BCUT2D eigenvalue weighted by Gasteiger charge is 2.25. The molecule has 1 aromatic rings. The molecule has 0 aromatic heterocycles. The lowest BCUT2D eigenvalue weighted by molar-refractivity contribution is -0.134. The maximum Gasteiger partial charge on any atom is 0.239 e. The number of piperazine rings is 1. The second-order valence-electron chi connectivity index (χ2n) is 6.25. The fraction of sp³-hybridized carbons (Fsp3) is 0.556. The van der Waals surface area contributed by atoms with Gasteiger partial charge < -0.3 is 20.7 Å². The molecule has 7 nitrogen and oxygen atoms in total. The number of nitrogens with one attached hydrogen (secondary N) is 1. The standard InChI is InChI=1S/C18H28N4O3/c1-3-6-14(19)18(24)22-11-9-21(10-12-22)13-17(23)20-15-7-4-5-8-16(15)25-2/h4-5,7-8,14H,3,6,9-13,19H2,1-2H3,(H,20,23). The van der Waals surface area contributed by atoms with Crippen LogP contribution in [-0.2, 0) is 9.59 Å². The quantitative estimate of drug-likeness (QED) is 0.765. The van der Waals surface area contributed by atoms with Crippen LogP contribution in [0.1, 0.15) is 19.8 Å². The summed E-state index contributed by atoms with van der Waals surface area (Å²) in [4.78, 5) is 28.3. The number of para-hydroxylation sites is 2. The van der Waals surface area contributed by atoms with Crippen molar-refractivity contribution < 1.29 is 14.3 Å². The molecule has 0 bridgehead atoms. The van der Waals surface area contributed by atoms with Crippen molar-refractivity contribution in [1.82, 2.24) is 9.80 Å². The molecule has 3 N–H and O–H groups in total. The molecule has 0 aliphatic carbocycles. The molecule has 1 unspecified atom stereocenters. The van der Waals surface area contributed by atoms with Crippen LogP contribution in [0.2, 0.25) is 0 Å². The number of methoxy groups -OCH3 is 1. The van der Waals surface area contributed by atoms with Gasteiger partial charge in [-0.3, -0.25) is 14.5 Å². The third-order valence-corrected chi connectivity index (χ3v) is 4.35. The van der Waals surface area contributed by atoms with Crippen molar-refractivity contribution >= 4 is 17.5 Å². The van der Waals surface area contributed by atoms with Gasteiger partial charge in [-0.1, -0.05) is 25.5 Å². The van der Waals surface area contributed by atoms with E-state index in [1.54, 1.807) is 18.1 Å². The van der Waals surface area contributed by atoms with E-state index in [1.807, 2.05) is 30.0 Å². The van der Waals surface area contributed by atoms with Crippen molar-refractivity contribution in [2.45, 2.75) is 25.8 Å². The Kier molecular flexibility index (Phi) is 7.21. The first-order valence-corrected chi connectivity index (χ1v) is 8.74. The summed E-state index contributed by atoms with van der Waals surface area (Å²) in [5.74, 6) is 0.558. The van der Waals surface area contributed by atoms with Crippen molar-refractivity contribution in [3.05, 3.63) is 24.3 Å². The normalized spacial score (nSPS) is 16.4. The molecule has 1 aliphatic heterocycles. The Hall–Kier alpha value is -2.12. The van der Waals surface area contributed by atoms with Crippen molar-refractivity contribution in [3.8, 4) is 5.75 Å². The Balaban J connectivity index is 1.79. The fourth-order valence-electron chi connectivity index (χ4n) is 2.94. The highest BCUT2D eigenvalue weighted by atomic mass is 16.5. The number of amides is 2. The van der Waals surface area contributed by atoms with Crippen molar-refractivity contribution in [1.29, 1.82) is 0 Å². The molecule has 25 heavy (non-hydrogen) atoms. The van der Waals surface area contributed by atoms with Gasteiger partial charge in [-0.15, -0.1) is 0 Å². The summed E-state index contributed by atoms with van der Waals surface area (Å²) in [5.41, 5.74) is 6.57. The van der Waals surface area contributed by atoms with Crippen LogP contribution in [0.5, 0.6) is 5.75 Å². The molecule has 1 saturated heterocycles. The Morgan fingerprint density at radius 2 is 1.92 bits per heavy atom. The van der Waals surface area contributed by atoms with Crippen molar-refractivity contribution in [2.75, 3.05) is 45.2 Å². The summed E-state index contributed by atoms with van der Waals surface area (Å²) in [6.45, 7) is 4.87. The van der Waals surface area contributed by atoms with Gasteiger partial charge in [0, 0.05) is 26.2 Å². The number of carbonyl (C=O) groups excluding carboxylic acids is 2. The number of hydrogen-bond acceptors (Lipinski definition) is 5. The van der Waals surface area contributed by atoms with E-state index < -0.39 is 6.04 Å². The van der Waals surface area contributed by atoms with E-state index in [1.165, 1.54) is 0 Å². The van der Waals surface area contributed by atoms with Crippen molar-refractivity contribution in [2.24, 2.45) is 5.73 Å². The van der Waals surface area contributed by atoms with Crippen LogP contribution in [0.4, 0.5) is 5.69 Å². The third-order valence-electron chi connectivity index (χ3n) is 4.35. The zero-order chi connectivity index (χ0) is 18.2. The summed E-state index contributed by atoms with van der Waals surface area (Å²) >= 11 is 0. The predicted molar refractivity (Wildman–Crippen MR) is 97.5 cm³/mol. The van der Waals surface area contributed by atoms with Gasteiger partial charge in [0.1, 0.15) is 5.75 Å². The summed E-state index contributed by atoms with van der Waals surface area (Å²) in [6, 6.07) is 6.91. The summed E-state index contributed by atoms with van der Waals surface area (Å²) in [7, 11) is 1.57. The van der Waals surface area contributed by atoms with Crippen LogP contribution < -0.4 is 15.8 Å². The van der Waals surface area contributed by atoms with E-state index in [-0.39, 0.29) is 11.8 Å². The molecule has 7 heteroatoms. The van der Waals surface area contributed by atoms with Crippen LogP contribution in [0, 0.1) is 0 Å². The predicted octanol–water partition coefficient (Wildman–Crippen LogP) is 0.905. The molecule has 1 aromatic carbocycles. The number of carbonyl (C=O) groups is 2. The minimum absolute atomic E-state index is 0.0139. The van der Waals surface area contributed by atoms with Gasteiger partial charge in [-0.05, 0) is 18.6 Å². The summed E-state index contributed by atoms with van der Waals surface area (Å²) in [5, 5.41) is 2.87. The van der Waals surface area contributed by atoms with Gasteiger partial charge >= 0.3 is 0 Å². The van der Waals surface area contributed by atoms with Crippen LogP contribution in [0.3, 0.4) is 0 Å². The average molecular weight is 348 g/mol. The first-order chi connectivity index (χ1) is 12.0. The largest absolute Gasteiger partial charge is 0.495 e. The molecule has 0 saturated carbocycles. The van der Waals surface area contributed by atoms with E-state index in [2.05, 4.69) is 5.32 Å². The number of nitrogens with two attached hydrogens (primary N) is 1. The van der Waals surface area contributed by atoms with Gasteiger partial charge in [0.2, 0.25) is 11.8 Å². The van der Waals surface area contributed by atoms with Crippen LogP contribution in [0.15, 0.2) is 24.3 Å². The monoisotopic (exact) mass is 348 g/mol. The molecule has 1 fully saturated rings. The third kappa shape index (κ3) is 5.44. The highest BCUT2D eigenvalue weighted by molar-refractivity contribution is 5.93. The summed E-state index contributed by atoms with van der Waals surface area (Å²) in [6.07, 6.45) is 1.61. The zero-order valence-electron chi connectivity index (χ0n) is 15.0. The Labute approximate surface area is 149 Å². The fourth-order valence-corrected chi connectivity index (χ4v) is 2.94. The molecular weight excluding hydrogens is 320 g/mol. The molecule has 0 spiro atoms. The maximum atomic E-state index is 12.2. The van der Waals surface area contributed by atoms with E-state index in [0.717, 1.165) is 6.42 Å². The van der Waals surface area contributed by atoms with E-state index in [0.29, 0.717) is 50.6 Å². The number of benzene rings is 1. The highest BCUT2D eigenvalue weighted by Crippen LogP contribution is 2.22. The van der Waals surface area contributed by atoms with Crippen LogP contribution >= 0.6 is 0 Å². The van der Waals surface area contributed by atoms with Gasteiger partial charge in [0.05, 0.1) is 25.4 Å². The molecule has 2 amide bonds. The van der Waals surface area contributed by atoms with Gasteiger partial charge in [0.25, 0.3) is 0 Å². The molecule has 1 heterocycles. The first-order valence-electron chi connectivity index (χ1n) is 8.74. The molecule has 2 rings (SSSR count). The minimum Gasteiger partial charge on any atom is -0.495 e. The van der Waals surface area contributed by atoms with Crippen LogP contribution in [-0.4, -0.2) is 67.5 Å². The number of ether oxygens (including phenoxy) is 1. The lowest BCUT2D eigenvalue weighted by Gasteiger charge is -2.35. The first kappa shape index (κ1) is 19.2. The number of rotatable bonds is 7. The number of hydrogen-bond donors (Lipinski definition) is 2. The topological polar surface area (TPSA) is 87.9 Å². The zero-order valence-corrected chi connectivity index (χ0v) is 15.0. The van der Waals surface area contributed by atoms with Crippen molar-refractivity contribution in [3.63, 3.8) is 0 Å². The Bertz CT molecular complexity index is 585. The minimum atomic E-state index is -0.412. The SMILES string of the molecule is CCCC(N)C(=O)N1CCN(CC(=O)Nc2ccccc2OC)CC1. The van der Waals surface area contributed by atoms with Crippen LogP contribution in [0.25, 0.3) is 0 Å². The molecule has 0 radical (unpaired) electrons. The smallest absolute Gasteiger partial charge is 0.239 e. The average Bonchev–Trinajstić information content (AvgIpc) is 2.62. The maximum absolute atomic E-state index is 12.2. The molecule has 138 valence electrons. The van der Waals surface area contributed by atoms with E-state index >= 15 is 0 Å².